The van der Waals surface area contributed by atoms with E-state index in [4.69, 9.17) is 0 Å². The van der Waals surface area contributed by atoms with Gasteiger partial charge >= 0.3 is 6.03 Å². The summed E-state index contributed by atoms with van der Waals surface area (Å²) in [6, 6.07) is 7.72. The number of amides is 2. The van der Waals surface area contributed by atoms with Crippen LogP contribution in [-0.4, -0.2) is 29.0 Å². The second-order valence-electron chi connectivity index (χ2n) is 4.47. The van der Waals surface area contributed by atoms with Crippen LogP contribution in [0.25, 0.3) is 10.6 Å². The lowest BCUT2D eigenvalue weighted by molar-refractivity contribution is 0.217. The average molecular weight is 289 g/mol. The Bertz CT molecular complexity index is 573. The highest BCUT2D eigenvalue weighted by Crippen LogP contribution is 2.24. The Morgan fingerprint density at radius 2 is 1.90 bits per heavy atom. The van der Waals surface area contributed by atoms with Gasteiger partial charge in [0.2, 0.25) is 0 Å². The number of nitrogens with one attached hydrogen (secondary N) is 1. The van der Waals surface area contributed by atoms with Crippen LogP contribution in [0.1, 0.15) is 19.5 Å². The fraction of sp³-hybridized carbons (Fsp3) is 0.333. The molecule has 0 bridgehead atoms. The summed E-state index contributed by atoms with van der Waals surface area (Å²) in [6.07, 6.45) is 0. The standard InChI is InChI=1S/C15H19N3OS/c1-4-18(5-2)15(19)17-13-8-6-12(7-9-13)14-16-11(3)10-20-14/h6-10H,4-5H2,1-3H3,(H,17,19). The Kier molecular flexibility index (Phi) is 4.74. The van der Waals surface area contributed by atoms with E-state index < -0.39 is 0 Å². The van der Waals surface area contributed by atoms with Gasteiger partial charge in [-0.15, -0.1) is 11.3 Å². The molecule has 1 aromatic heterocycles. The molecule has 2 amide bonds. The molecule has 4 nitrogen and oxygen atoms in total. The van der Waals surface area contributed by atoms with Gasteiger partial charge in [0.15, 0.2) is 0 Å². The van der Waals surface area contributed by atoms with Crippen molar-refractivity contribution in [3.05, 3.63) is 35.3 Å². The predicted molar refractivity (Wildman–Crippen MR) is 84.2 cm³/mol. The number of hydrogen-bond acceptors (Lipinski definition) is 3. The van der Waals surface area contributed by atoms with E-state index in [1.807, 2.05) is 50.4 Å². The van der Waals surface area contributed by atoms with E-state index in [2.05, 4.69) is 10.3 Å². The summed E-state index contributed by atoms with van der Waals surface area (Å²) >= 11 is 1.63. The van der Waals surface area contributed by atoms with Crippen LogP contribution in [-0.2, 0) is 0 Å². The van der Waals surface area contributed by atoms with Crippen LogP contribution in [0.15, 0.2) is 29.6 Å². The molecule has 1 aromatic carbocycles. The van der Waals surface area contributed by atoms with E-state index >= 15 is 0 Å². The zero-order valence-electron chi connectivity index (χ0n) is 12.0. The molecular weight excluding hydrogens is 270 g/mol. The SMILES string of the molecule is CCN(CC)C(=O)Nc1ccc(-c2nc(C)cs2)cc1. The van der Waals surface area contributed by atoms with Crippen LogP contribution >= 0.6 is 11.3 Å². The third kappa shape index (κ3) is 3.36. The van der Waals surface area contributed by atoms with Crippen molar-refractivity contribution >= 4 is 23.1 Å². The first-order valence-electron chi connectivity index (χ1n) is 6.72. The highest BCUT2D eigenvalue weighted by Gasteiger charge is 2.09. The summed E-state index contributed by atoms with van der Waals surface area (Å²) in [5.74, 6) is 0. The van der Waals surface area contributed by atoms with Crippen molar-refractivity contribution in [2.24, 2.45) is 0 Å². The topological polar surface area (TPSA) is 45.2 Å². The van der Waals surface area contributed by atoms with E-state index in [9.17, 15) is 4.79 Å². The van der Waals surface area contributed by atoms with E-state index in [0.29, 0.717) is 13.1 Å². The summed E-state index contributed by atoms with van der Waals surface area (Å²) in [5.41, 5.74) is 2.91. The number of aryl methyl sites for hydroxylation is 1. The minimum absolute atomic E-state index is 0.0622. The molecule has 1 heterocycles. The first-order valence-corrected chi connectivity index (χ1v) is 7.60. The Morgan fingerprint density at radius 3 is 2.40 bits per heavy atom. The Labute approximate surface area is 123 Å². The molecule has 20 heavy (non-hydrogen) atoms. The van der Waals surface area contributed by atoms with Crippen molar-refractivity contribution in [3.63, 3.8) is 0 Å². The summed E-state index contributed by atoms with van der Waals surface area (Å²) in [7, 11) is 0. The number of nitrogens with zero attached hydrogens (tertiary/aromatic N) is 2. The Morgan fingerprint density at radius 1 is 1.25 bits per heavy atom. The largest absolute Gasteiger partial charge is 0.325 e. The van der Waals surface area contributed by atoms with Crippen molar-refractivity contribution in [1.29, 1.82) is 0 Å². The molecule has 0 spiro atoms. The quantitative estimate of drug-likeness (QED) is 0.925. The van der Waals surface area contributed by atoms with Gasteiger partial charge in [-0.25, -0.2) is 9.78 Å². The highest BCUT2D eigenvalue weighted by molar-refractivity contribution is 7.13. The number of benzene rings is 1. The number of rotatable bonds is 4. The molecule has 0 saturated carbocycles. The van der Waals surface area contributed by atoms with Crippen LogP contribution in [0, 0.1) is 6.92 Å². The normalized spacial score (nSPS) is 10.3. The monoisotopic (exact) mass is 289 g/mol. The molecule has 5 heteroatoms. The Hall–Kier alpha value is -1.88. The van der Waals surface area contributed by atoms with Crippen molar-refractivity contribution in [1.82, 2.24) is 9.88 Å². The lowest BCUT2D eigenvalue weighted by Crippen LogP contribution is -2.34. The molecule has 0 radical (unpaired) electrons. The van der Waals surface area contributed by atoms with E-state index in [0.717, 1.165) is 22.0 Å². The smallest absolute Gasteiger partial charge is 0.321 e. The number of hydrogen-bond donors (Lipinski definition) is 1. The zero-order chi connectivity index (χ0) is 14.5. The molecule has 106 valence electrons. The molecular formula is C15H19N3OS. The molecule has 2 aromatic rings. The summed E-state index contributed by atoms with van der Waals surface area (Å²) in [5, 5.41) is 5.93. The number of carbonyl (C=O) groups excluding carboxylic acids is 1. The minimum atomic E-state index is -0.0622. The molecule has 0 atom stereocenters. The highest BCUT2D eigenvalue weighted by atomic mass is 32.1. The van der Waals surface area contributed by atoms with Crippen molar-refractivity contribution in [2.45, 2.75) is 20.8 Å². The van der Waals surface area contributed by atoms with E-state index in [1.165, 1.54) is 0 Å². The van der Waals surface area contributed by atoms with Gasteiger partial charge in [0.1, 0.15) is 5.01 Å². The van der Waals surface area contributed by atoms with Gasteiger partial charge in [-0.3, -0.25) is 0 Å². The number of thiazole rings is 1. The van der Waals surface area contributed by atoms with Crippen molar-refractivity contribution in [3.8, 4) is 10.6 Å². The molecule has 0 aliphatic carbocycles. The molecule has 0 fully saturated rings. The number of carbonyl (C=O) groups is 1. The van der Waals surface area contributed by atoms with E-state index in [1.54, 1.807) is 16.2 Å². The average Bonchev–Trinajstić information content (AvgIpc) is 2.87. The number of aromatic nitrogens is 1. The molecule has 0 aliphatic rings. The molecule has 0 aliphatic heterocycles. The second-order valence-corrected chi connectivity index (χ2v) is 5.33. The second kappa shape index (κ2) is 6.52. The molecule has 0 unspecified atom stereocenters. The predicted octanol–water partition coefficient (Wildman–Crippen LogP) is 3.99. The lowest BCUT2D eigenvalue weighted by Gasteiger charge is -2.19. The summed E-state index contributed by atoms with van der Waals surface area (Å²) in [6.45, 7) is 7.34. The molecule has 0 saturated heterocycles. The maximum absolute atomic E-state index is 11.9. The van der Waals surface area contributed by atoms with Crippen LogP contribution in [0.4, 0.5) is 10.5 Å². The summed E-state index contributed by atoms with van der Waals surface area (Å²) < 4.78 is 0. The van der Waals surface area contributed by atoms with Gasteiger partial charge in [0.25, 0.3) is 0 Å². The first-order chi connectivity index (χ1) is 9.63. The third-order valence-electron chi connectivity index (χ3n) is 3.05. The molecule has 1 N–H and O–H groups in total. The van der Waals surface area contributed by atoms with E-state index in [-0.39, 0.29) is 6.03 Å². The van der Waals surface area contributed by atoms with Crippen LogP contribution in [0.5, 0.6) is 0 Å². The maximum Gasteiger partial charge on any atom is 0.321 e. The fourth-order valence-corrected chi connectivity index (χ4v) is 2.70. The summed E-state index contributed by atoms with van der Waals surface area (Å²) in [4.78, 5) is 18.1. The fourth-order valence-electron chi connectivity index (χ4n) is 1.90. The van der Waals surface area contributed by atoms with Crippen molar-refractivity contribution in [2.75, 3.05) is 18.4 Å². The van der Waals surface area contributed by atoms with Gasteiger partial charge < -0.3 is 10.2 Å². The number of anilines is 1. The van der Waals surface area contributed by atoms with Gasteiger partial charge in [-0.2, -0.15) is 0 Å². The van der Waals surface area contributed by atoms with Gasteiger partial charge in [-0.05, 0) is 45.0 Å². The Balaban J connectivity index is 2.07. The van der Waals surface area contributed by atoms with Crippen molar-refractivity contribution < 1.29 is 4.79 Å². The van der Waals surface area contributed by atoms with Crippen LogP contribution in [0.3, 0.4) is 0 Å². The minimum Gasteiger partial charge on any atom is -0.325 e. The maximum atomic E-state index is 11.9. The van der Waals surface area contributed by atoms with Crippen LogP contribution in [0.2, 0.25) is 0 Å². The van der Waals surface area contributed by atoms with Gasteiger partial charge in [0, 0.05) is 35.4 Å². The first kappa shape index (κ1) is 14.5. The number of urea groups is 1. The molecule has 2 rings (SSSR count). The zero-order valence-corrected chi connectivity index (χ0v) is 12.8. The van der Waals surface area contributed by atoms with Crippen LogP contribution < -0.4 is 5.32 Å². The van der Waals surface area contributed by atoms with Gasteiger partial charge in [0.05, 0.1) is 0 Å². The third-order valence-corrected chi connectivity index (χ3v) is 4.06. The van der Waals surface area contributed by atoms with Gasteiger partial charge in [-0.1, -0.05) is 0 Å². The lowest BCUT2D eigenvalue weighted by atomic mass is 10.2.